The van der Waals surface area contributed by atoms with Gasteiger partial charge in [-0.3, -0.25) is 14.4 Å². The van der Waals surface area contributed by atoms with Crippen LogP contribution in [-0.4, -0.2) is 17.3 Å². The average molecular weight is 306 g/mol. The molecule has 1 saturated carbocycles. The lowest BCUT2D eigenvalue weighted by atomic mass is 9.89. The number of carbonyl (C=O) groups excluding carboxylic acids is 3. The van der Waals surface area contributed by atoms with E-state index in [4.69, 9.17) is 0 Å². The highest BCUT2D eigenvalue weighted by atomic mass is 16.2. The van der Waals surface area contributed by atoms with Crippen LogP contribution in [0.4, 0.5) is 0 Å². The maximum atomic E-state index is 12.9. The normalized spacial score (nSPS) is 21.5. The predicted octanol–water partition coefficient (Wildman–Crippen LogP) is 3.45. The summed E-state index contributed by atoms with van der Waals surface area (Å²) in [6.07, 6.45) is 0. The summed E-state index contributed by atoms with van der Waals surface area (Å²) in [7, 11) is 0. The van der Waals surface area contributed by atoms with Crippen molar-refractivity contribution >= 4 is 17.3 Å². The third-order valence-electron chi connectivity index (χ3n) is 4.87. The van der Waals surface area contributed by atoms with Crippen LogP contribution in [0.1, 0.15) is 35.7 Å². The van der Waals surface area contributed by atoms with E-state index in [-0.39, 0.29) is 23.3 Å². The number of benzene rings is 2. The summed E-state index contributed by atoms with van der Waals surface area (Å²) in [5, 5.41) is 0. The van der Waals surface area contributed by atoms with E-state index < -0.39 is 11.3 Å². The van der Waals surface area contributed by atoms with E-state index in [0.717, 1.165) is 5.56 Å². The summed E-state index contributed by atoms with van der Waals surface area (Å²) in [5.41, 5.74) is 0.198. The van der Waals surface area contributed by atoms with Crippen LogP contribution < -0.4 is 0 Å². The first kappa shape index (κ1) is 15.3. The second kappa shape index (κ2) is 5.58. The molecule has 0 aromatic heterocycles. The standard InChI is InChI=1S/C20H18O3/c1-13(21)20(14(2)22)17(15-9-5-3-6-10-15)18(20)19(23)16-11-7-4-8-12-16/h3-12,17-18H,1-2H3/t17-,18+/m0/s1. The average Bonchev–Trinajstić information content (AvgIpc) is 3.27. The highest BCUT2D eigenvalue weighted by Crippen LogP contribution is 2.66. The maximum Gasteiger partial charge on any atom is 0.168 e. The molecule has 0 heterocycles. The van der Waals surface area contributed by atoms with E-state index in [9.17, 15) is 14.4 Å². The zero-order chi connectivity index (χ0) is 16.6. The van der Waals surface area contributed by atoms with Crippen molar-refractivity contribution in [2.24, 2.45) is 11.3 Å². The molecule has 23 heavy (non-hydrogen) atoms. The van der Waals surface area contributed by atoms with Gasteiger partial charge in [0.2, 0.25) is 0 Å². The van der Waals surface area contributed by atoms with Gasteiger partial charge in [0.25, 0.3) is 0 Å². The maximum absolute atomic E-state index is 12.9. The van der Waals surface area contributed by atoms with Gasteiger partial charge in [-0.25, -0.2) is 0 Å². The van der Waals surface area contributed by atoms with Gasteiger partial charge in [-0.2, -0.15) is 0 Å². The molecule has 2 aromatic carbocycles. The lowest BCUT2D eigenvalue weighted by Gasteiger charge is -2.10. The molecule has 1 fully saturated rings. The first-order valence-electron chi connectivity index (χ1n) is 7.67. The van der Waals surface area contributed by atoms with Crippen molar-refractivity contribution in [1.82, 2.24) is 0 Å². The summed E-state index contributed by atoms with van der Waals surface area (Å²) in [6, 6.07) is 18.2. The van der Waals surface area contributed by atoms with Crippen molar-refractivity contribution in [2.45, 2.75) is 19.8 Å². The number of rotatable bonds is 5. The molecule has 1 aliphatic carbocycles. The Morgan fingerprint density at radius 1 is 0.783 bits per heavy atom. The van der Waals surface area contributed by atoms with Gasteiger partial charge in [-0.15, -0.1) is 0 Å². The molecule has 0 bridgehead atoms. The van der Waals surface area contributed by atoms with E-state index in [1.54, 1.807) is 24.3 Å². The summed E-state index contributed by atoms with van der Waals surface area (Å²) in [5.74, 6) is -1.57. The fourth-order valence-electron chi connectivity index (χ4n) is 3.77. The monoisotopic (exact) mass is 306 g/mol. The molecule has 116 valence electrons. The highest BCUT2D eigenvalue weighted by Gasteiger charge is 2.74. The van der Waals surface area contributed by atoms with Crippen LogP contribution in [0.15, 0.2) is 60.7 Å². The van der Waals surface area contributed by atoms with Crippen LogP contribution in [0, 0.1) is 11.3 Å². The fraction of sp³-hybridized carbons (Fsp3) is 0.250. The smallest absolute Gasteiger partial charge is 0.168 e. The third kappa shape index (κ3) is 2.24. The molecule has 3 heteroatoms. The molecule has 0 radical (unpaired) electrons. The number of Topliss-reactive ketones (excluding diaryl/α,β-unsaturated/α-hetero) is 3. The third-order valence-corrected chi connectivity index (χ3v) is 4.87. The molecule has 0 amide bonds. The first-order valence-corrected chi connectivity index (χ1v) is 7.67. The SMILES string of the molecule is CC(=O)C1(C(C)=O)[C@@H](C(=O)c2ccccc2)[C@@H]1c1ccccc1. The number of carbonyl (C=O) groups is 3. The van der Waals surface area contributed by atoms with Crippen LogP contribution in [0.2, 0.25) is 0 Å². The Labute approximate surface area is 135 Å². The molecule has 3 nitrogen and oxygen atoms in total. The van der Waals surface area contributed by atoms with Crippen LogP contribution in [-0.2, 0) is 9.59 Å². The van der Waals surface area contributed by atoms with Gasteiger partial charge in [0.1, 0.15) is 17.0 Å². The van der Waals surface area contributed by atoms with Crippen LogP contribution >= 0.6 is 0 Å². The van der Waals surface area contributed by atoms with Crippen LogP contribution in [0.3, 0.4) is 0 Å². The molecule has 2 atom stereocenters. The van der Waals surface area contributed by atoms with Gasteiger partial charge < -0.3 is 0 Å². The summed E-state index contributed by atoms with van der Waals surface area (Å²) < 4.78 is 0. The van der Waals surface area contributed by atoms with Crippen molar-refractivity contribution in [2.75, 3.05) is 0 Å². The molecule has 3 rings (SSSR count). The van der Waals surface area contributed by atoms with E-state index in [1.807, 2.05) is 36.4 Å². The topological polar surface area (TPSA) is 51.2 Å². The van der Waals surface area contributed by atoms with Gasteiger partial charge in [-0.1, -0.05) is 60.7 Å². The lowest BCUT2D eigenvalue weighted by molar-refractivity contribution is -0.132. The molecular weight excluding hydrogens is 288 g/mol. The van der Waals surface area contributed by atoms with Crippen molar-refractivity contribution in [3.05, 3.63) is 71.8 Å². The number of ketones is 3. The van der Waals surface area contributed by atoms with Crippen molar-refractivity contribution < 1.29 is 14.4 Å². The minimum atomic E-state index is -1.21. The Bertz CT molecular complexity index is 748. The number of hydrogen-bond donors (Lipinski definition) is 0. The zero-order valence-corrected chi connectivity index (χ0v) is 13.2. The Kier molecular flexibility index (Phi) is 3.72. The second-order valence-corrected chi connectivity index (χ2v) is 6.08. The molecule has 0 aliphatic heterocycles. The Hall–Kier alpha value is -2.55. The van der Waals surface area contributed by atoms with Crippen LogP contribution in [0.25, 0.3) is 0 Å². The van der Waals surface area contributed by atoms with Crippen molar-refractivity contribution in [3.8, 4) is 0 Å². The van der Waals surface area contributed by atoms with E-state index in [1.165, 1.54) is 13.8 Å². The molecule has 0 N–H and O–H groups in total. The van der Waals surface area contributed by atoms with Crippen LogP contribution in [0.5, 0.6) is 0 Å². The molecule has 1 aliphatic rings. The molecule has 0 saturated heterocycles. The van der Waals surface area contributed by atoms with E-state index >= 15 is 0 Å². The Balaban J connectivity index is 2.08. The van der Waals surface area contributed by atoms with Gasteiger partial charge >= 0.3 is 0 Å². The van der Waals surface area contributed by atoms with Crippen molar-refractivity contribution in [1.29, 1.82) is 0 Å². The largest absolute Gasteiger partial charge is 0.299 e. The van der Waals surface area contributed by atoms with Gasteiger partial charge in [0.05, 0.1) is 5.92 Å². The first-order chi connectivity index (χ1) is 11.0. The summed E-state index contributed by atoms with van der Waals surface area (Å²) in [6.45, 7) is 2.82. The Morgan fingerprint density at radius 2 is 1.26 bits per heavy atom. The van der Waals surface area contributed by atoms with Crippen molar-refractivity contribution in [3.63, 3.8) is 0 Å². The van der Waals surface area contributed by atoms with Gasteiger partial charge in [0.15, 0.2) is 5.78 Å². The van der Waals surface area contributed by atoms with Gasteiger partial charge in [-0.05, 0) is 19.4 Å². The van der Waals surface area contributed by atoms with E-state index in [0.29, 0.717) is 5.56 Å². The minimum Gasteiger partial charge on any atom is -0.299 e. The summed E-state index contributed by atoms with van der Waals surface area (Å²) >= 11 is 0. The second-order valence-electron chi connectivity index (χ2n) is 6.08. The quantitative estimate of drug-likeness (QED) is 0.628. The Morgan fingerprint density at radius 3 is 1.74 bits per heavy atom. The predicted molar refractivity (Wildman–Crippen MR) is 87.2 cm³/mol. The highest BCUT2D eigenvalue weighted by molar-refractivity contribution is 6.18. The molecule has 0 spiro atoms. The zero-order valence-electron chi connectivity index (χ0n) is 13.2. The van der Waals surface area contributed by atoms with Gasteiger partial charge in [0, 0.05) is 11.5 Å². The minimum absolute atomic E-state index is 0.134. The fourth-order valence-corrected chi connectivity index (χ4v) is 3.77. The summed E-state index contributed by atoms with van der Waals surface area (Å²) in [4.78, 5) is 37.6. The molecule has 0 unspecified atom stereocenters. The lowest BCUT2D eigenvalue weighted by Crippen LogP contribution is -2.27. The molecule has 2 aromatic rings. The molecular formula is C20H18O3. The number of hydrogen-bond acceptors (Lipinski definition) is 3. The van der Waals surface area contributed by atoms with E-state index in [2.05, 4.69) is 0 Å².